The van der Waals surface area contributed by atoms with Gasteiger partial charge in [0.15, 0.2) is 0 Å². The first-order valence-corrected chi connectivity index (χ1v) is 9.38. The average Bonchev–Trinajstić information content (AvgIpc) is 2.92. The topological polar surface area (TPSA) is 80.4 Å². The minimum atomic E-state index is -0.610. The van der Waals surface area contributed by atoms with Gasteiger partial charge in [0.25, 0.3) is 0 Å². The molecule has 0 unspecified atom stereocenters. The van der Waals surface area contributed by atoms with Crippen molar-refractivity contribution < 1.29 is 19.1 Å². The highest BCUT2D eigenvalue weighted by molar-refractivity contribution is 9.25. The number of amides is 1. The van der Waals surface area contributed by atoms with E-state index in [1.165, 1.54) is 0 Å². The fourth-order valence-electron chi connectivity index (χ4n) is 2.68. The van der Waals surface area contributed by atoms with E-state index in [-0.39, 0.29) is 18.2 Å². The summed E-state index contributed by atoms with van der Waals surface area (Å²) in [5.41, 5.74) is 0.726. The normalized spacial score (nSPS) is 21.0. The van der Waals surface area contributed by atoms with E-state index in [2.05, 4.69) is 42.2 Å². The van der Waals surface area contributed by atoms with E-state index < -0.39 is 14.6 Å². The predicted molar refractivity (Wildman–Crippen MR) is 103 cm³/mol. The van der Waals surface area contributed by atoms with Crippen molar-refractivity contribution >= 4 is 60.3 Å². The average molecular weight is 474 g/mol. The first-order chi connectivity index (χ1) is 11.7. The van der Waals surface area contributed by atoms with Gasteiger partial charge in [-0.2, -0.15) is 0 Å². The Balaban J connectivity index is 2.05. The van der Waals surface area contributed by atoms with Crippen LogP contribution in [0.4, 0.5) is 5.69 Å². The number of ether oxygens (including phenoxy) is 2. The maximum Gasteiger partial charge on any atom is 0.356 e. The molecule has 1 aliphatic carbocycles. The molecule has 1 atom stereocenters. The number of alkyl halides is 2. The van der Waals surface area contributed by atoms with E-state index >= 15 is 0 Å². The predicted octanol–water partition coefficient (Wildman–Crippen LogP) is 4.19. The molecule has 1 aromatic heterocycles. The van der Waals surface area contributed by atoms with Gasteiger partial charge in [-0.3, -0.25) is 4.79 Å². The number of anilines is 1. The molecule has 1 saturated carbocycles. The molecule has 0 radical (unpaired) electrons. The molecule has 1 aliphatic rings. The number of esters is 1. The Morgan fingerprint density at radius 3 is 2.60 bits per heavy atom. The first kappa shape index (κ1) is 18.3. The zero-order chi connectivity index (χ0) is 18.4. The van der Waals surface area contributed by atoms with E-state index in [0.717, 1.165) is 0 Å². The zero-order valence-electron chi connectivity index (χ0n) is 14.0. The minimum Gasteiger partial charge on any atom is -0.497 e. The van der Waals surface area contributed by atoms with Gasteiger partial charge in [-0.05, 0) is 38.5 Å². The number of hydrogen-bond donors (Lipinski definition) is 2. The van der Waals surface area contributed by atoms with Crippen molar-refractivity contribution in [2.24, 2.45) is 5.41 Å². The number of halogens is 2. The Morgan fingerprint density at radius 1 is 1.36 bits per heavy atom. The first-order valence-electron chi connectivity index (χ1n) is 7.79. The van der Waals surface area contributed by atoms with E-state index in [9.17, 15) is 9.59 Å². The van der Waals surface area contributed by atoms with Crippen LogP contribution in [0.15, 0.2) is 18.2 Å². The SMILES string of the molecule is CCOC(=O)c1[nH]c2ccc(OC)cc2c1NC(=O)[C@]1(C)CC1(Br)Br. The molecule has 1 fully saturated rings. The van der Waals surface area contributed by atoms with Gasteiger partial charge in [0.2, 0.25) is 5.91 Å². The summed E-state index contributed by atoms with van der Waals surface area (Å²) in [6.07, 6.45) is 0.645. The van der Waals surface area contributed by atoms with Crippen molar-refractivity contribution in [3.63, 3.8) is 0 Å². The molecule has 0 spiro atoms. The molecule has 25 heavy (non-hydrogen) atoms. The number of benzene rings is 1. The summed E-state index contributed by atoms with van der Waals surface area (Å²) in [5, 5.41) is 3.59. The largest absolute Gasteiger partial charge is 0.497 e. The van der Waals surface area contributed by atoms with Crippen LogP contribution in [-0.4, -0.2) is 33.8 Å². The smallest absolute Gasteiger partial charge is 0.356 e. The number of hydrogen-bond acceptors (Lipinski definition) is 4. The van der Waals surface area contributed by atoms with Crippen LogP contribution in [0, 0.1) is 5.41 Å². The molecule has 3 rings (SSSR count). The van der Waals surface area contributed by atoms with Gasteiger partial charge in [-0.25, -0.2) is 4.79 Å². The third kappa shape index (κ3) is 3.06. The summed E-state index contributed by atoms with van der Waals surface area (Å²) in [6, 6.07) is 5.35. The molecule has 1 aromatic carbocycles. The van der Waals surface area contributed by atoms with Crippen molar-refractivity contribution in [2.45, 2.75) is 23.5 Å². The monoisotopic (exact) mass is 472 g/mol. The summed E-state index contributed by atoms with van der Waals surface area (Å²) in [5.74, 6) is -0.0706. The second-order valence-corrected chi connectivity index (χ2v) is 9.95. The van der Waals surface area contributed by atoms with Crippen molar-refractivity contribution in [1.29, 1.82) is 0 Å². The van der Waals surface area contributed by atoms with Crippen molar-refractivity contribution in [3.05, 3.63) is 23.9 Å². The van der Waals surface area contributed by atoms with Crippen LogP contribution in [0.3, 0.4) is 0 Å². The number of fused-ring (bicyclic) bond motifs is 1. The molecule has 0 bridgehead atoms. The van der Waals surface area contributed by atoms with Crippen molar-refractivity contribution in [3.8, 4) is 5.75 Å². The van der Waals surface area contributed by atoms with E-state index in [0.29, 0.717) is 28.8 Å². The number of rotatable bonds is 5. The van der Waals surface area contributed by atoms with Gasteiger partial charge in [0, 0.05) is 10.9 Å². The summed E-state index contributed by atoms with van der Waals surface area (Å²) < 4.78 is 9.94. The molecule has 2 aromatic rings. The molecular weight excluding hydrogens is 456 g/mol. The molecule has 8 heteroatoms. The van der Waals surface area contributed by atoms with Crippen molar-refractivity contribution in [2.75, 3.05) is 19.0 Å². The molecule has 6 nitrogen and oxygen atoms in total. The summed E-state index contributed by atoms with van der Waals surface area (Å²) in [7, 11) is 1.56. The van der Waals surface area contributed by atoms with Crippen LogP contribution in [0.1, 0.15) is 30.8 Å². The van der Waals surface area contributed by atoms with Crippen LogP contribution in [0.2, 0.25) is 0 Å². The lowest BCUT2D eigenvalue weighted by Crippen LogP contribution is -2.26. The second-order valence-electron chi connectivity index (χ2n) is 6.17. The lowest BCUT2D eigenvalue weighted by molar-refractivity contribution is -0.120. The number of aromatic nitrogens is 1. The van der Waals surface area contributed by atoms with Crippen LogP contribution in [0.5, 0.6) is 5.75 Å². The number of carbonyl (C=O) groups excluding carboxylic acids is 2. The fraction of sp³-hybridized carbons (Fsp3) is 0.412. The van der Waals surface area contributed by atoms with Crippen molar-refractivity contribution in [1.82, 2.24) is 4.98 Å². The van der Waals surface area contributed by atoms with Gasteiger partial charge in [-0.1, -0.05) is 31.9 Å². The Labute approximate surface area is 161 Å². The van der Waals surface area contributed by atoms with Gasteiger partial charge in [-0.15, -0.1) is 0 Å². The lowest BCUT2D eigenvalue weighted by Gasteiger charge is -2.14. The summed E-state index contributed by atoms with van der Waals surface area (Å²) in [4.78, 5) is 28.1. The molecule has 0 saturated heterocycles. The molecular formula is C17H18Br2N2O4. The molecule has 1 heterocycles. The number of H-pyrrole nitrogens is 1. The molecule has 134 valence electrons. The quantitative estimate of drug-likeness (QED) is 0.504. The molecule has 2 N–H and O–H groups in total. The lowest BCUT2D eigenvalue weighted by atomic mass is 10.1. The second kappa shape index (κ2) is 6.32. The number of aromatic amines is 1. The maximum absolute atomic E-state index is 12.8. The third-order valence-corrected chi connectivity index (χ3v) is 6.79. The Kier molecular flexibility index (Phi) is 4.61. The maximum atomic E-state index is 12.8. The number of methoxy groups -OCH3 is 1. The molecule has 1 amide bonds. The fourth-order valence-corrected chi connectivity index (χ4v) is 4.16. The Morgan fingerprint density at radius 2 is 2.04 bits per heavy atom. The molecule has 0 aliphatic heterocycles. The van der Waals surface area contributed by atoms with Crippen LogP contribution in [-0.2, 0) is 9.53 Å². The van der Waals surface area contributed by atoms with Crippen LogP contribution in [0.25, 0.3) is 10.9 Å². The Hall–Kier alpha value is -1.54. The van der Waals surface area contributed by atoms with E-state index in [1.807, 2.05) is 6.92 Å². The number of nitrogens with one attached hydrogen (secondary N) is 2. The number of carbonyl (C=O) groups is 2. The highest BCUT2D eigenvalue weighted by Gasteiger charge is 2.66. The van der Waals surface area contributed by atoms with Crippen LogP contribution >= 0.6 is 31.9 Å². The zero-order valence-corrected chi connectivity index (χ0v) is 17.2. The minimum absolute atomic E-state index is 0.185. The Bertz CT molecular complexity index is 862. The van der Waals surface area contributed by atoms with Crippen LogP contribution < -0.4 is 10.1 Å². The summed E-state index contributed by atoms with van der Waals surface area (Å²) >= 11 is 6.99. The third-order valence-electron chi connectivity index (χ3n) is 4.48. The van der Waals surface area contributed by atoms with Gasteiger partial charge in [0.05, 0.1) is 28.1 Å². The van der Waals surface area contributed by atoms with Gasteiger partial charge < -0.3 is 19.8 Å². The summed E-state index contributed by atoms with van der Waals surface area (Å²) in [6.45, 7) is 3.83. The van der Waals surface area contributed by atoms with Gasteiger partial charge in [0.1, 0.15) is 11.4 Å². The highest BCUT2D eigenvalue weighted by atomic mass is 79.9. The van der Waals surface area contributed by atoms with E-state index in [4.69, 9.17) is 9.47 Å². The van der Waals surface area contributed by atoms with E-state index in [1.54, 1.807) is 32.2 Å². The standard InChI is InChI=1S/C17H18Br2N2O4/c1-4-25-14(22)13-12(21-15(23)16(2)8-17(16,18)19)10-7-9(24-3)5-6-11(10)20-13/h5-7,20H,4,8H2,1-3H3,(H,21,23)/t16-/m0/s1. The highest BCUT2D eigenvalue weighted by Crippen LogP contribution is 2.66. The van der Waals surface area contributed by atoms with Gasteiger partial charge >= 0.3 is 5.97 Å².